The summed E-state index contributed by atoms with van der Waals surface area (Å²) in [5, 5.41) is 6.61. The third kappa shape index (κ3) is 3.66. The van der Waals surface area contributed by atoms with Gasteiger partial charge in [0.2, 0.25) is 5.88 Å². The van der Waals surface area contributed by atoms with E-state index >= 15 is 0 Å². The minimum absolute atomic E-state index is 0.223. The maximum Gasteiger partial charge on any atom is 0.274 e. The molecule has 1 aliphatic heterocycles. The first-order chi connectivity index (χ1) is 11.3. The average molecular weight is 311 g/mol. The van der Waals surface area contributed by atoms with Gasteiger partial charge in [0.25, 0.3) is 5.91 Å². The largest absolute Gasteiger partial charge is 0.478 e. The molecule has 0 saturated carbocycles. The molecule has 3 rings (SSSR count). The average Bonchev–Trinajstić information content (AvgIpc) is 3.06. The number of oxime groups is 1. The Bertz CT molecular complexity index is 716. The molecular weight excluding hydrogens is 294 g/mol. The fourth-order valence-electron chi connectivity index (χ4n) is 2.26. The number of hydrogen-bond donors (Lipinski definition) is 1. The second-order valence-corrected chi connectivity index (χ2v) is 5.00. The molecule has 0 aliphatic carbocycles. The zero-order valence-electron chi connectivity index (χ0n) is 12.7. The maximum absolute atomic E-state index is 12.3. The van der Waals surface area contributed by atoms with Gasteiger partial charge in [-0.3, -0.25) is 4.79 Å². The molecule has 1 amide bonds. The van der Waals surface area contributed by atoms with Crippen LogP contribution in [0.25, 0.3) is 0 Å². The number of rotatable bonds is 5. The van der Waals surface area contributed by atoms with Gasteiger partial charge in [-0.2, -0.15) is 4.98 Å². The molecule has 2 heterocycles. The number of amides is 1. The zero-order valence-corrected chi connectivity index (χ0v) is 12.7. The quantitative estimate of drug-likeness (QED) is 0.921. The van der Waals surface area contributed by atoms with Crippen LogP contribution in [0.2, 0.25) is 0 Å². The molecule has 1 aromatic carbocycles. The molecule has 0 spiro atoms. The number of benzene rings is 1. The van der Waals surface area contributed by atoms with Crippen LogP contribution in [0, 0.1) is 0 Å². The van der Waals surface area contributed by atoms with Crippen molar-refractivity contribution in [3.05, 3.63) is 54.1 Å². The SMILES string of the molecule is CCOc1cccc(NC(=O)C2=NOC(c3ccccc3)C2)n1. The van der Waals surface area contributed by atoms with E-state index in [4.69, 9.17) is 9.57 Å². The van der Waals surface area contributed by atoms with E-state index in [0.29, 0.717) is 30.4 Å². The Labute approximate surface area is 134 Å². The fraction of sp³-hybridized carbons (Fsp3) is 0.235. The van der Waals surface area contributed by atoms with Crippen molar-refractivity contribution in [1.29, 1.82) is 0 Å². The Balaban J connectivity index is 1.62. The highest BCUT2D eigenvalue weighted by atomic mass is 16.6. The highest BCUT2D eigenvalue weighted by Gasteiger charge is 2.27. The standard InChI is InChI=1S/C17H17N3O3/c1-2-22-16-10-6-9-15(18-16)19-17(21)13-11-14(23-20-13)12-7-4-3-5-8-12/h3-10,14H,2,11H2,1H3,(H,18,19,21). The van der Waals surface area contributed by atoms with E-state index in [1.807, 2.05) is 37.3 Å². The van der Waals surface area contributed by atoms with E-state index in [1.165, 1.54) is 0 Å². The van der Waals surface area contributed by atoms with Crippen molar-refractivity contribution < 1.29 is 14.4 Å². The van der Waals surface area contributed by atoms with Gasteiger partial charge in [0.05, 0.1) is 6.61 Å². The molecule has 1 atom stereocenters. The van der Waals surface area contributed by atoms with Crippen molar-refractivity contribution in [2.45, 2.75) is 19.4 Å². The van der Waals surface area contributed by atoms with E-state index in [1.54, 1.807) is 18.2 Å². The van der Waals surface area contributed by atoms with Gasteiger partial charge < -0.3 is 14.9 Å². The lowest BCUT2D eigenvalue weighted by Crippen LogP contribution is -2.22. The maximum atomic E-state index is 12.3. The van der Waals surface area contributed by atoms with Crippen LogP contribution in [-0.4, -0.2) is 23.2 Å². The van der Waals surface area contributed by atoms with Gasteiger partial charge in [-0.05, 0) is 18.6 Å². The van der Waals surface area contributed by atoms with E-state index < -0.39 is 0 Å². The van der Waals surface area contributed by atoms with E-state index in [0.717, 1.165) is 5.56 Å². The summed E-state index contributed by atoms with van der Waals surface area (Å²) in [5.41, 5.74) is 1.35. The van der Waals surface area contributed by atoms with Gasteiger partial charge in [0, 0.05) is 12.5 Å². The summed E-state index contributed by atoms with van der Waals surface area (Å²) in [6.07, 6.45) is 0.209. The van der Waals surface area contributed by atoms with Crippen molar-refractivity contribution in [2.75, 3.05) is 11.9 Å². The number of aromatic nitrogens is 1. The van der Waals surface area contributed by atoms with Crippen molar-refractivity contribution in [1.82, 2.24) is 4.98 Å². The Hall–Kier alpha value is -2.89. The Morgan fingerprint density at radius 1 is 1.26 bits per heavy atom. The van der Waals surface area contributed by atoms with Crippen LogP contribution in [0.4, 0.5) is 5.82 Å². The number of ether oxygens (including phenoxy) is 1. The van der Waals surface area contributed by atoms with E-state index in [2.05, 4.69) is 15.5 Å². The highest BCUT2D eigenvalue weighted by molar-refractivity contribution is 6.43. The molecule has 0 radical (unpaired) electrons. The Kier molecular flexibility index (Phi) is 4.52. The summed E-state index contributed by atoms with van der Waals surface area (Å²) in [4.78, 5) is 21.8. The number of hydrogen-bond acceptors (Lipinski definition) is 5. The molecule has 1 aromatic heterocycles. The van der Waals surface area contributed by atoms with Crippen molar-refractivity contribution in [2.24, 2.45) is 5.16 Å². The zero-order chi connectivity index (χ0) is 16.1. The van der Waals surface area contributed by atoms with Gasteiger partial charge in [-0.25, -0.2) is 0 Å². The number of anilines is 1. The molecule has 23 heavy (non-hydrogen) atoms. The molecule has 2 aromatic rings. The predicted octanol–water partition coefficient (Wildman–Crippen LogP) is 2.94. The molecule has 1 unspecified atom stereocenters. The van der Waals surface area contributed by atoms with Crippen LogP contribution < -0.4 is 10.1 Å². The molecule has 0 bridgehead atoms. The number of carbonyl (C=O) groups excluding carboxylic acids is 1. The molecule has 1 N–H and O–H groups in total. The number of nitrogens with zero attached hydrogens (tertiary/aromatic N) is 2. The molecule has 1 aliphatic rings. The molecule has 6 nitrogen and oxygen atoms in total. The van der Waals surface area contributed by atoms with Gasteiger partial charge in [-0.15, -0.1) is 0 Å². The first-order valence-corrected chi connectivity index (χ1v) is 7.45. The minimum Gasteiger partial charge on any atom is -0.478 e. The molecule has 0 saturated heterocycles. The number of carbonyl (C=O) groups is 1. The van der Waals surface area contributed by atoms with Crippen LogP contribution in [0.3, 0.4) is 0 Å². The third-order valence-corrected chi connectivity index (χ3v) is 3.36. The van der Waals surface area contributed by atoms with Gasteiger partial charge in [0.15, 0.2) is 6.10 Å². The lowest BCUT2D eigenvalue weighted by molar-refractivity contribution is -0.110. The molecule has 118 valence electrons. The lowest BCUT2D eigenvalue weighted by Gasteiger charge is -2.08. The minimum atomic E-state index is -0.315. The summed E-state index contributed by atoms with van der Waals surface area (Å²) in [7, 11) is 0. The summed E-state index contributed by atoms with van der Waals surface area (Å²) in [6.45, 7) is 2.39. The Morgan fingerprint density at radius 3 is 2.87 bits per heavy atom. The van der Waals surface area contributed by atoms with Gasteiger partial charge in [0.1, 0.15) is 11.5 Å². The molecular formula is C17H17N3O3. The van der Waals surface area contributed by atoms with Gasteiger partial charge >= 0.3 is 0 Å². The summed E-state index contributed by atoms with van der Waals surface area (Å²) in [5.74, 6) is 0.577. The smallest absolute Gasteiger partial charge is 0.274 e. The molecule has 0 fully saturated rings. The first kappa shape index (κ1) is 15.0. The normalized spacial score (nSPS) is 16.4. The monoisotopic (exact) mass is 311 g/mol. The van der Waals surface area contributed by atoms with Gasteiger partial charge in [-0.1, -0.05) is 41.6 Å². The van der Waals surface area contributed by atoms with Crippen LogP contribution in [0.1, 0.15) is 25.0 Å². The first-order valence-electron chi connectivity index (χ1n) is 7.45. The second kappa shape index (κ2) is 6.91. The topological polar surface area (TPSA) is 72.8 Å². The van der Waals surface area contributed by atoms with E-state index in [-0.39, 0.29) is 12.0 Å². The van der Waals surface area contributed by atoms with Crippen LogP contribution in [0.5, 0.6) is 5.88 Å². The van der Waals surface area contributed by atoms with Crippen LogP contribution in [0.15, 0.2) is 53.7 Å². The van der Waals surface area contributed by atoms with Crippen molar-refractivity contribution in [3.63, 3.8) is 0 Å². The Morgan fingerprint density at radius 2 is 2.09 bits per heavy atom. The molecule has 6 heteroatoms. The number of nitrogens with one attached hydrogen (secondary N) is 1. The summed E-state index contributed by atoms with van der Waals surface area (Å²) >= 11 is 0. The third-order valence-electron chi connectivity index (χ3n) is 3.36. The second-order valence-electron chi connectivity index (χ2n) is 5.00. The lowest BCUT2D eigenvalue weighted by atomic mass is 10.0. The van der Waals surface area contributed by atoms with Crippen molar-refractivity contribution >= 4 is 17.4 Å². The predicted molar refractivity (Wildman–Crippen MR) is 86.4 cm³/mol. The van der Waals surface area contributed by atoms with E-state index in [9.17, 15) is 4.79 Å². The summed E-state index contributed by atoms with van der Waals surface area (Å²) < 4.78 is 5.31. The summed E-state index contributed by atoms with van der Waals surface area (Å²) in [6, 6.07) is 14.9. The van der Waals surface area contributed by atoms with Crippen molar-refractivity contribution in [3.8, 4) is 5.88 Å². The van der Waals surface area contributed by atoms with Crippen LogP contribution >= 0.6 is 0 Å². The fourth-order valence-corrected chi connectivity index (χ4v) is 2.26. The van der Waals surface area contributed by atoms with Crippen LogP contribution in [-0.2, 0) is 9.63 Å². The number of pyridine rings is 1. The highest BCUT2D eigenvalue weighted by Crippen LogP contribution is 2.27.